The van der Waals surface area contributed by atoms with E-state index >= 15 is 0 Å². The first-order chi connectivity index (χ1) is 13.2. The van der Waals surface area contributed by atoms with E-state index < -0.39 is 0 Å². The Labute approximate surface area is 163 Å². The van der Waals surface area contributed by atoms with E-state index in [-0.39, 0.29) is 0 Å². The summed E-state index contributed by atoms with van der Waals surface area (Å²) >= 11 is 1.61. The molecule has 0 unspecified atom stereocenters. The average Bonchev–Trinajstić information content (AvgIpc) is 2.86. The van der Waals surface area contributed by atoms with Crippen molar-refractivity contribution in [2.75, 3.05) is 23.3 Å². The van der Waals surface area contributed by atoms with Gasteiger partial charge in [0.15, 0.2) is 11.6 Å². The van der Waals surface area contributed by atoms with Crippen LogP contribution in [-0.2, 0) is 0 Å². The Bertz CT molecular complexity index is 1010. The Morgan fingerprint density at radius 3 is 2.37 bits per heavy atom. The molecule has 1 aromatic carbocycles. The van der Waals surface area contributed by atoms with Gasteiger partial charge in [-0.2, -0.15) is 5.26 Å². The minimum absolute atomic E-state index is 0.703. The van der Waals surface area contributed by atoms with E-state index in [4.69, 9.17) is 9.97 Å². The molecule has 1 aliphatic heterocycles. The van der Waals surface area contributed by atoms with E-state index in [1.54, 1.807) is 11.3 Å². The monoisotopic (exact) mass is 377 g/mol. The van der Waals surface area contributed by atoms with Crippen LogP contribution >= 0.6 is 11.3 Å². The minimum Gasteiger partial charge on any atom is -0.354 e. The minimum atomic E-state index is 0.703. The third kappa shape index (κ3) is 3.47. The van der Waals surface area contributed by atoms with Gasteiger partial charge in [-0.15, -0.1) is 11.3 Å². The summed E-state index contributed by atoms with van der Waals surface area (Å²) in [5, 5.41) is 13.9. The third-order valence-electron chi connectivity index (χ3n) is 5.19. The van der Waals surface area contributed by atoms with Gasteiger partial charge >= 0.3 is 0 Å². The van der Waals surface area contributed by atoms with Crippen molar-refractivity contribution < 1.29 is 0 Å². The van der Waals surface area contributed by atoms with E-state index in [0.29, 0.717) is 5.56 Å². The van der Waals surface area contributed by atoms with Gasteiger partial charge in [-0.25, -0.2) is 9.97 Å². The molecule has 1 saturated heterocycles. The number of hydrogen-bond donors (Lipinski definition) is 1. The van der Waals surface area contributed by atoms with Crippen molar-refractivity contribution in [2.24, 2.45) is 0 Å². The second kappa shape index (κ2) is 7.53. The van der Waals surface area contributed by atoms with Gasteiger partial charge in [-0.1, -0.05) is 25.0 Å². The maximum Gasteiger partial charge on any atom is 0.175 e. The molecule has 1 N–H and O–H groups in total. The highest BCUT2D eigenvalue weighted by molar-refractivity contribution is 7.16. The molecule has 0 radical (unpaired) electrons. The quantitative estimate of drug-likeness (QED) is 0.670. The predicted octanol–water partition coefficient (Wildman–Crippen LogP) is 5.30. The molecule has 0 aliphatic carbocycles. The lowest BCUT2D eigenvalue weighted by atomic mass is 10.2. The van der Waals surface area contributed by atoms with Crippen LogP contribution in [0.1, 0.15) is 41.7 Å². The fraction of sp³-hybridized carbons (Fsp3) is 0.381. The number of para-hydroxylation sites is 2. The number of nitrogens with zero attached hydrogens (tertiary/aromatic N) is 4. The first-order valence-electron chi connectivity index (χ1n) is 9.46. The average molecular weight is 378 g/mol. The van der Waals surface area contributed by atoms with E-state index in [1.807, 2.05) is 38.1 Å². The number of rotatable bonds is 3. The topological polar surface area (TPSA) is 64.8 Å². The molecule has 2 aromatic heterocycles. The fourth-order valence-corrected chi connectivity index (χ4v) is 4.54. The second-order valence-corrected chi connectivity index (χ2v) is 8.23. The molecular weight excluding hydrogens is 354 g/mol. The normalized spacial score (nSPS) is 14.8. The molecule has 3 heterocycles. The molecule has 138 valence electrons. The van der Waals surface area contributed by atoms with Crippen molar-refractivity contribution in [3.63, 3.8) is 0 Å². The zero-order valence-electron chi connectivity index (χ0n) is 15.7. The lowest BCUT2D eigenvalue weighted by molar-refractivity contribution is 0.726. The molecule has 4 rings (SSSR count). The van der Waals surface area contributed by atoms with Crippen LogP contribution in [0.25, 0.3) is 11.0 Å². The maximum absolute atomic E-state index is 9.59. The highest BCUT2D eigenvalue weighted by atomic mass is 32.1. The molecule has 5 nitrogen and oxygen atoms in total. The number of nitrogens with one attached hydrogen (secondary N) is 1. The van der Waals surface area contributed by atoms with Crippen LogP contribution in [0.2, 0.25) is 0 Å². The van der Waals surface area contributed by atoms with Crippen LogP contribution in [0.4, 0.5) is 16.6 Å². The number of fused-ring (bicyclic) bond motifs is 1. The smallest absolute Gasteiger partial charge is 0.175 e. The molecule has 0 saturated carbocycles. The number of aromatic nitrogens is 2. The number of nitriles is 1. The molecule has 0 amide bonds. The summed E-state index contributed by atoms with van der Waals surface area (Å²) in [6.45, 7) is 6.04. The summed E-state index contributed by atoms with van der Waals surface area (Å²) < 4.78 is 0. The maximum atomic E-state index is 9.59. The Hall–Kier alpha value is -2.65. The highest BCUT2D eigenvalue weighted by Gasteiger charge is 2.20. The number of aryl methyl sites for hydroxylation is 1. The van der Waals surface area contributed by atoms with Crippen LogP contribution in [0.15, 0.2) is 24.3 Å². The molecule has 27 heavy (non-hydrogen) atoms. The summed E-state index contributed by atoms with van der Waals surface area (Å²) in [6, 6.07) is 10.3. The zero-order valence-corrected chi connectivity index (χ0v) is 16.6. The zero-order chi connectivity index (χ0) is 18.8. The van der Waals surface area contributed by atoms with Gasteiger partial charge in [0.25, 0.3) is 0 Å². The van der Waals surface area contributed by atoms with E-state index in [9.17, 15) is 5.26 Å². The fourth-order valence-electron chi connectivity index (χ4n) is 3.53. The van der Waals surface area contributed by atoms with Gasteiger partial charge in [-0.05, 0) is 44.4 Å². The molecule has 6 heteroatoms. The number of benzene rings is 1. The first kappa shape index (κ1) is 17.7. The lowest BCUT2D eigenvalue weighted by Crippen LogP contribution is -2.26. The van der Waals surface area contributed by atoms with Crippen LogP contribution < -0.4 is 10.2 Å². The Balaban J connectivity index is 1.81. The van der Waals surface area contributed by atoms with Gasteiger partial charge in [0, 0.05) is 18.0 Å². The summed E-state index contributed by atoms with van der Waals surface area (Å²) in [5.74, 6) is 1.64. The SMILES string of the molecule is Cc1sc(Nc2nc3ccccc3nc2N2CCCCCC2)c(C#N)c1C. The second-order valence-electron chi connectivity index (χ2n) is 7.01. The summed E-state index contributed by atoms with van der Waals surface area (Å²) in [6.07, 6.45) is 4.88. The van der Waals surface area contributed by atoms with Crippen LogP contribution in [0.3, 0.4) is 0 Å². The highest BCUT2D eigenvalue weighted by Crippen LogP contribution is 2.36. The van der Waals surface area contributed by atoms with Crippen molar-refractivity contribution in [3.8, 4) is 6.07 Å². The van der Waals surface area contributed by atoms with Gasteiger partial charge in [-0.3, -0.25) is 0 Å². The van der Waals surface area contributed by atoms with Gasteiger partial charge < -0.3 is 10.2 Å². The Morgan fingerprint density at radius 1 is 1.04 bits per heavy atom. The molecule has 1 aliphatic rings. The summed E-state index contributed by atoms with van der Waals surface area (Å²) in [7, 11) is 0. The van der Waals surface area contributed by atoms with Crippen LogP contribution in [0, 0.1) is 25.2 Å². The predicted molar refractivity (Wildman–Crippen MR) is 112 cm³/mol. The van der Waals surface area contributed by atoms with Crippen molar-refractivity contribution in [2.45, 2.75) is 39.5 Å². The standard InChI is InChI=1S/C21H23N5S/c1-14-15(2)27-21(16(14)13-22)25-19-20(26-11-7-3-4-8-12-26)24-18-10-6-5-9-17(18)23-19/h5-6,9-10H,3-4,7-8,11-12H2,1-2H3,(H,23,25). The number of thiophene rings is 1. The molecule has 0 spiro atoms. The van der Waals surface area contributed by atoms with Crippen molar-refractivity contribution in [1.29, 1.82) is 5.26 Å². The Kier molecular flexibility index (Phi) is 4.95. The molecule has 0 atom stereocenters. The van der Waals surface area contributed by atoms with Gasteiger partial charge in [0.2, 0.25) is 0 Å². The van der Waals surface area contributed by atoms with Crippen molar-refractivity contribution in [3.05, 3.63) is 40.3 Å². The van der Waals surface area contributed by atoms with Crippen LogP contribution in [-0.4, -0.2) is 23.1 Å². The van der Waals surface area contributed by atoms with Crippen molar-refractivity contribution in [1.82, 2.24) is 9.97 Å². The molecule has 3 aromatic rings. The third-order valence-corrected chi connectivity index (χ3v) is 6.31. The lowest BCUT2D eigenvalue weighted by Gasteiger charge is -2.24. The molecular formula is C21H23N5S. The summed E-state index contributed by atoms with van der Waals surface area (Å²) in [5.41, 5.74) is 3.51. The first-order valence-corrected chi connectivity index (χ1v) is 10.3. The van der Waals surface area contributed by atoms with Gasteiger partial charge in [0.1, 0.15) is 11.1 Å². The number of hydrogen-bond acceptors (Lipinski definition) is 6. The van der Waals surface area contributed by atoms with E-state index in [2.05, 4.69) is 16.3 Å². The van der Waals surface area contributed by atoms with Crippen molar-refractivity contribution >= 4 is 39.0 Å². The van der Waals surface area contributed by atoms with E-state index in [1.165, 1.54) is 25.7 Å². The van der Waals surface area contributed by atoms with E-state index in [0.717, 1.165) is 51.2 Å². The molecule has 0 bridgehead atoms. The Morgan fingerprint density at radius 2 is 1.70 bits per heavy atom. The number of anilines is 3. The molecule has 1 fully saturated rings. The largest absolute Gasteiger partial charge is 0.354 e. The van der Waals surface area contributed by atoms with Crippen LogP contribution in [0.5, 0.6) is 0 Å². The summed E-state index contributed by atoms with van der Waals surface area (Å²) in [4.78, 5) is 13.3. The van der Waals surface area contributed by atoms with Gasteiger partial charge in [0.05, 0.1) is 16.6 Å².